The van der Waals surface area contributed by atoms with Gasteiger partial charge in [-0.25, -0.2) is 9.37 Å². The first-order valence-electron chi connectivity index (χ1n) is 7.63. The molecule has 3 rings (SSSR count). The quantitative estimate of drug-likeness (QED) is 0.917. The number of aromatic nitrogens is 1. The average molecular weight is 354 g/mol. The van der Waals surface area contributed by atoms with Gasteiger partial charge in [0.15, 0.2) is 5.17 Å². The molecule has 1 aliphatic heterocycles. The van der Waals surface area contributed by atoms with Crippen molar-refractivity contribution in [3.8, 4) is 6.07 Å². The van der Waals surface area contributed by atoms with E-state index < -0.39 is 4.75 Å². The van der Waals surface area contributed by atoms with E-state index >= 15 is 0 Å². The molecule has 2 aromatic rings. The van der Waals surface area contributed by atoms with Crippen LogP contribution in [0.5, 0.6) is 0 Å². The molecule has 126 valence electrons. The van der Waals surface area contributed by atoms with Crippen LogP contribution < -0.4 is 5.32 Å². The smallest absolute Gasteiger partial charge is 0.246 e. The van der Waals surface area contributed by atoms with E-state index in [1.807, 2.05) is 13.0 Å². The van der Waals surface area contributed by atoms with Crippen LogP contribution in [0.15, 0.2) is 47.6 Å². The molecule has 2 heterocycles. The third-order valence-corrected chi connectivity index (χ3v) is 5.27. The summed E-state index contributed by atoms with van der Waals surface area (Å²) in [5.41, 5.74) is 1.81. The van der Waals surface area contributed by atoms with E-state index in [2.05, 4.69) is 15.3 Å². The number of nitrogens with one attached hydrogen (secondary N) is 1. The molecule has 0 radical (unpaired) electrons. The monoisotopic (exact) mass is 354 g/mol. The van der Waals surface area contributed by atoms with Gasteiger partial charge in [0.25, 0.3) is 0 Å². The third kappa shape index (κ3) is 3.39. The Bertz CT molecular complexity index is 891. The lowest BCUT2D eigenvalue weighted by Gasteiger charge is -2.19. The summed E-state index contributed by atoms with van der Waals surface area (Å²) in [6.07, 6.45) is 1.52. The molecule has 25 heavy (non-hydrogen) atoms. The molecule has 1 unspecified atom stereocenters. The summed E-state index contributed by atoms with van der Waals surface area (Å²) in [4.78, 5) is 21.0. The second kappa shape index (κ2) is 6.65. The normalized spacial score (nSPS) is 22.5. The van der Waals surface area contributed by atoms with Gasteiger partial charge in [-0.05, 0) is 49.2 Å². The van der Waals surface area contributed by atoms with Gasteiger partial charge in [0.05, 0.1) is 6.04 Å². The first kappa shape index (κ1) is 17.1. The molecule has 5 nitrogen and oxygen atoms in total. The Morgan fingerprint density at radius 2 is 2.08 bits per heavy atom. The Morgan fingerprint density at radius 1 is 1.36 bits per heavy atom. The molecule has 0 saturated carbocycles. The number of amides is 1. The molecule has 1 fully saturated rings. The number of carbonyl (C=O) groups excluding carboxylic acids is 1. The Morgan fingerprint density at radius 3 is 2.76 bits per heavy atom. The predicted molar refractivity (Wildman–Crippen MR) is 94.3 cm³/mol. The van der Waals surface area contributed by atoms with Gasteiger partial charge >= 0.3 is 0 Å². The number of carbonyl (C=O) groups is 1. The lowest BCUT2D eigenvalue weighted by molar-refractivity contribution is -0.121. The lowest BCUT2D eigenvalue weighted by atomic mass is 10.00. The molecule has 0 aliphatic carbocycles. The molecular formula is C18H15FN4OS. The average Bonchev–Trinajstić information content (AvgIpc) is 2.90. The highest BCUT2D eigenvalue weighted by Crippen LogP contribution is 2.41. The maximum atomic E-state index is 13.0. The zero-order valence-electron chi connectivity index (χ0n) is 13.7. The molecule has 0 spiro atoms. The molecular weight excluding hydrogens is 339 g/mol. The van der Waals surface area contributed by atoms with Crippen molar-refractivity contribution in [1.82, 2.24) is 10.3 Å². The Balaban J connectivity index is 1.86. The first-order valence-corrected chi connectivity index (χ1v) is 8.44. The van der Waals surface area contributed by atoms with Crippen LogP contribution in [0.1, 0.15) is 36.7 Å². The highest BCUT2D eigenvalue weighted by Gasteiger charge is 2.44. The SMILES string of the molecule is C[C@H](N=C1NC(=O)C(C)(c2ccnc(C#N)c2)S1)c1ccc(F)cc1. The van der Waals surface area contributed by atoms with Crippen molar-refractivity contribution in [2.75, 3.05) is 0 Å². The van der Waals surface area contributed by atoms with Crippen LogP contribution in [0.4, 0.5) is 4.39 Å². The number of nitrogens with zero attached hydrogens (tertiary/aromatic N) is 3. The van der Waals surface area contributed by atoms with Gasteiger partial charge in [-0.2, -0.15) is 5.26 Å². The Kier molecular flexibility index (Phi) is 4.55. The summed E-state index contributed by atoms with van der Waals surface area (Å²) in [5, 5.41) is 12.3. The van der Waals surface area contributed by atoms with Gasteiger partial charge in [0, 0.05) is 6.20 Å². The largest absolute Gasteiger partial charge is 0.304 e. The minimum atomic E-state index is -0.879. The number of thioether (sulfide) groups is 1. The summed E-state index contributed by atoms with van der Waals surface area (Å²) in [7, 11) is 0. The first-order chi connectivity index (χ1) is 11.9. The molecule has 1 amide bonds. The molecule has 7 heteroatoms. The van der Waals surface area contributed by atoms with Gasteiger partial charge < -0.3 is 5.32 Å². The second-order valence-electron chi connectivity index (χ2n) is 5.79. The molecule has 0 bridgehead atoms. The van der Waals surface area contributed by atoms with Crippen molar-refractivity contribution in [3.05, 3.63) is 65.2 Å². The lowest BCUT2D eigenvalue weighted by Crippen LogP contribution is -2.31. The van der Waals surface area contributed by atoms with Crippen LogP contribution in [0.2, 0.25) is 0 Å². The molecule has 1 N–H and O–H groups in total. The number of pyridine rings is 1. The molecule has 2 atom stereocenters. The summed E-state index contributed by atoms with van der Waals surface area (Å²) in [6.45, 7) is 3.66. The van der Waals surface area contributed by atoms with Gasteiger partial charge in [-0.15, -0.1) is 0 Å². The van der Waals surface area contributed by atoms with Crippen LogP contribution in [-0.2, 0) is 9.54 Å². The van der Waals surface area contributed by atoms with Crippen molar-refractivity contribution in [2.24, 2.45) is 4.99 Å². The summed E-state index contributed by atoms with van der Waals surface area (Å²) in [5.74, 6) is -0.497. The van der Waals surface area contributed by atoms with E-state index in [-0.39, 0.29) is 23.5 Å². The highest BCUT2D eigenvalue weighted by molar-refractivity contribution is 8.15. The fraction of sp³-hybridized carbons (Fsp3) is 0.222. The number of amidine groups is 1. The Labute approximate surface area is 149 Å². The second-order valence-corrected chi connectivity index (χ2v) is 7.20. The van der Waals surface area contributed by atoms with Crippen molar-refractivity contribution in [3.63, 3.8) is 0 Å². The van der Waals surface area contributed by atoms with Crippen molar-refractivity contribution >= 4 is 22.8 Å². The third-order valence-electron chi connectivity index (χ3n) is 4.04. The summed E-state index contributed by atoms with van der Waals surface area (Å²) >= 11 is 1.30. The zero-order valence-corrected chi connectivity index (χ0v) is 14.5. The number of benzene rings is 1. The Hall–Kier alpha value is -2.72. The minimum Gasteiger partial charge on any atom is -0.304 e. The van der Waals surface area contributed by atoms with Crippen LogP contribution in [0.3, 0.4) is 0 Å². The fourth-order valence-corrected chi connectivity index (χ4v) is 3.64. The number of nitriles is 1. The van der Waals surface area contributed by atoms with Crippen LogP contribution >= 0.6 is 11.8 Å². The topological polar surface area (TPSA) is 78.1 Å². The van der Waals surface area contributed by atoms with Crippen LogP contribution in [0.25, 0.3) is 0 Å². The maximum absolute atomic E-state index is 13.0. The van der Waals surface area contributed by atoms with E-state index in [4.69, 9.17) is 5.26 Å². The maximum Gasteiger partial charge on any atom is 0.246 e. The van der Waals surface area contributed by atoms with E-state index in [1.165, 1.54) is 30.1 Å². The van der Waals surface area contributed by atoms with Gasteiger partial charge in [0.1, 0.15) is 22.3 Å². The van der Waals surface area contributed by atoms with Crippen molar-refractivity contribution in [1.29, 1.82) is 5.26 Å². The van der Waals surface area contributed by atoms with Crippen molar-refractivity contribution < 1.29 is 9.18 Å². The number of hydrogen-bond donors (Lipinski definition) is 1. The van der Waals surface area contributed by atoms with Crippen molar-refractivity contribution in [2.45, 2.75) is 24.6 Å². The van der Waals surface area contributed by atoms with Crippen LogP contribution in [-0.4, -0.2) is 16.1 Å². The van der Waals surface area contributed by atoms with E-state index in [0.717, 1.165) is 5.56 Å². The molecule has 1 aromatic carbocycles. The summed E-state index contributed by atoms with van der Waals surface area (Å²) < 4.78 is 12.2. The number of rotatable bonds is 3. The standard InChI is InChI=1S/C18H15FN4OS/c1-11(12-3-5-14(19)6-4-12)22-17-23-16(24)18(2,25-17)13-7-8-21-15(9-13)10-20/h3-9,11H,1-2H3,(H,22,23,24)/t11-,18?/m0/s1. The van der Waals surface area contributed by atoms with Gasteiger partial charge in [-0.1, -0.05) is 23.9 Å². The predicted octanol–water partition coefficient (Wildman–Crippen LogP) is 3.29. The number of halogens is 1. The van der Waals surface area contributed by atoms with Gasteiger partial charge in [-0.3, -0.25) is 9.79 Å². The fourth-order valence-electron chi connectivity index (χ4n) is 2.51. The van der Waals surface area contributed by atoms with E-state index in [1.54, 1.807) is 31.2 Å². The zero-order chi connectivity index (χ0) is 18.0. The number of aliphatic imine (C=N–C) groups is 1. The van der Waals surface area contributed by atoms with E-state index in [0.29, 0.717) is 10.7 Å². The number of hydrogen-bond acceptors (Lipinski definition) is 5. The van der Waals surface area contributed by atoms with E-state index in [9.17, 15) is 9.18 Å². The molecule has 1 aromatic heterocycles. The minimum absolute atomic E-state index is 0.197. The summed E-state index contributed by atoms with van der Waals surface area (Å²) in [6, 6.07) is 11.2. The molecule has 1 saturated heterocycles. The molecule has 1 aliphatic rings. The highest BCUT2D eigenvalue weighted by atomic mass is 32.2. The van der Waals surface area contributed by atoms with Gasteiger partial charge in [0.2, 0.25) is 5.91 Å². The van der Waals surface area contributed by atoms with Crippen LogP contribution in [0, 0.1) is 17.1 Å².